The van der Waals surface area contributed by atoms with E-state index < -0.39 is 0 Å². The van der Waals surface area contributed by atoms with Gasteiger partial charge in [0.25, 0.3) is 0 Å². The zero-order chi connectivity index (χ0) is 12.3. The van der Waals surface area contributed by atoms with E-state index in [4.69, 9.17) is 0 Å². The van der Waals surface area contributed by atoms with Crippen LogP contribution in [-0.2, 0) is 11.2 Å². The molecule has 0 aromatic carbocycles. The molecule has 0 radical (unpaired) electrons. The van der Waals surface area contributed by atoms with Gasteiger partial charge in [0.15, 0.2) is 0 Å². The Bertz CT molecular complexity index is 378. The van der Waals surface area contributed by atoms with E-state index in [1.807, 2.05) is 11.3 Å². The Morgan fingerprint density at radius 2 is 2.35 bits per heavy atom. The molecule has 1 unspecified atom stereocenters. The molecule has 0 amide bonds. The van der Waals surface area contributed by atoms with Gasteiger partial charge in [-0.05, 0) is 48.6 Å². The third kappa shape index (κ3) is 3.19. The average molecular weight is 250 g/mol. The van der Waals surface area contributed by atoms with Crippen LogP contribution in [0.5, 0.6) is 0 Å². The van der Waals surface area contributed by atoms with Crippen molar-refractivity contribution in [3.8, 4) is 0 Å². The van der Waals surface area contributed by atoms with E-state index in [0.717, 1.165) is 19.3 Å². The van der Waals surface area contributed by atoms with Crippen LogP contribution in [-0.4, -0.2) is 5.78 Å². The van der Waals surface area contributed by atoms with Crippen molar-refractivity contribution in [2.24, 2.45) is 5.92 Å². The summed E-state index contributed by atoms with van der Waals surface area (Å²) >= 11 is 1.82. The third-order valence-corrected chi connectivity index (χ3v) is 4.64. The van der Waals surface area contributed by atoms with Gasteiger partial charge in [-0.3, -0.25) is 4.79 Å². The minimum absolute atomic E-state index is 0.220. The van der Waals surface area contributed by atoms with Crippen LogP contribution in [0.3, 0.4) is 0 Å². The summed E-state index contributed by atoms with van der Waals surface area (Å²) in [6.07, 6.45) is 6.46. The van der Waals surface area contributed by atoms with Gasteiger partial charge < -0.3 is 0 Å². The van der Waals surface area contributed by atoms with Crippen molar-refractivity contribution < 1.29 is 4.79 Å². The molecule has 94 valence electrons. The summed E-state index contributed by atoms with van der Waals surface area (Å²) in [6, 6.07) is 2.17. The number of aryl methyl sites for hydroxylation is 1. The van der Waals surface area contributed by atoms with Crippen molar-refractivity contribution in [3.63, 3.8) is 0 Å². The second kappa shape index (κ2) is 5.81. The standard InChI is InChI=1S/C15H22OS/c1-11(2)5-3-7-14(16)12-6-4-8-15-13(12)9-10-17-15/h9-12H,3-8H2,1-2H3. The number of thiophene rings is 1. The number of ketones is 1. The molecule has 0 saturated carbocycles. The maximum absolute atomic E-state index is 12.2. The second-order valence-corrected chi connectivity index (χ2v) is 6.50. The minimum Gasteiger partial charge on any atom is -0.299 e. The van der Waals surface area contributed by atoms with Gasteiger partial charge in [-0.2, -0.15) is 0 Å². The molecule has 1 atom stereocenters. The summed E-state index contributed by atoms with van der Waals surface area (Å²) < 4.78 is 0. The molecular weight excluding hydrogens is 228 g/mol. The lowest BCUT2D eigenvalue weighted by molar-refractivity contribution is -0.120. The smallest absolute Gasteiger partial charge is 0.140 e. The van der Waals surface area contributed by atoms with Crippen LogP contribution in [0, 0.1) is 5.92 Å². The van der Waals surface area contributed by atoms with E-state index in [1.165, 1.54) is 29.7 Å². The van der Waals surface area contributed by atoms with Gasteiger partial charge in [0, 0.05) is 17.2 Å². The highest BCUT2D eigenvalue weighted by Gasteiger charge is 2.26. The lowest BCUT2D eigenvalue weighted by Gasteiger charge is -2.21. The summed E-state index contributed by atoms with van der Waals surface area (Å²) in [6.45, 7) is 4.45. The Kier molecular flexibility index (Phi) is 4.38. The number of hydrogen-bond acceptors (Lipinski definition) is 2. The number of Topliss-reactive ketones (excluding diaryl/α,β-unsaturated/α-hetero) is 1. The Morgan fingerprint density at radius 1 is 1.53 bits per heavy atom. The zero-order valence-electron chi connectivity index (χ0n) is 10.9. The quantitative estimate of drug-likeness (QED) is 0.748. The van der Waals surface area contributed by atoms with E-state index in [0.29, 0.717) is 11.7 Å². The fourth-order valence-corrected chi connectivity index (χ4v) is 3.67. The molecule has 1 aromatic heterocycles. The first-order valence-corrected chi connectivity index (χ1v) is 7.65. The molecule has 0 aliphatic heterocycles. The molecule has 0 N–H and O–H groups in total. The Labute approximate surface area is 108 Å². The maximum atomic E-state index is 12.2. The summed E-state index contributed by atoms with van der Waals surface area (Å²) in [4.78, 5) is 13.7. The van der Waals surface area contributed by atoms with Crippen molar-refractivity contribution in [3.05, 3.63) is 21.9 Å². The van der Waals surface area contributed by atoms with Crippen LogP contribution in [0.2, 0.25) is 0 Å². The highest BCUT2D eigenvalue weighted by Crippen LogP contribution is 2.36. The van der Waals surface area contributed by atoms with E-state index in [1.54, 1.807) is 0 Å². The second-order valence-electron chi connectivity index (χ2n) is 5.50. The van der Waals surface area contributed by atoms with Gasteiger partial charge in [-0.25, -0.2) is 0 Å². The summed E-state index contributed by atoms with van der Waals surface area (Å²) in [5, 5.41) is 2.14. The van der Waals surface area contributed by atoms with Crippen molar-refractivity contribution in [1.82, 2.24) is 0 Å². The van der Waals surface area contributed by atoms with Gasteiger partial charge in [0.05, 0.1) is 0 Å². The lowest BCUT2D eigenvalue weighted by atomic mass is 9.83. The monoisotopic (exact) mass is 250 g/mol. The van der Waals surface area contributed by atoms with Crippen LogP contribution >= 0.6 is 11.3 Å². The van der Waals surface area contributed by atoms with E-state index >= 15 is 0 Å². The Morgan fingerprint density at radius 3 is 3.12 bits per heavy atom. The molecule has 0 spiro atoms. The molecule has 1 aromatic rings. The van der Waals surface area contributed by atoms with Gasteiger partial charge >= 0.3 is 0 Å². The van der Waals surface area contributed by atoms with Gasteiger partial charge in [0.2, 0.25) is 0 Å². The van der Waals surface area contributed by atoms with Crippen LogP contribution in [0.4, 0.5) is 0 Å². The third-order valence-electron chi connectivity index (χ3n) is 3.65. The zero-order valence-corrected chi connectivity index (χ0v) is 11.7. The van der Waals surface area contributed by atoms with Crippen LogP contribution in [0.1, 0.15) is 62.3 Å². The number of hydrogen-bond donors (Lipinski definition) is 0. The summed E-state index contributed by atoms with van der Waals surface area (Å²) in [7, 11) is 0. The first-order chi connectivity index (χ1) is 8.18. The molecule has 1 aliphatic rings. The highest BCUT2D eigenvalue weighted by molar-refractivity contribution is 7.10. The van der Waals surface area contributed by atoms with Gasteiger partial charge in [-0.15, -0.1) is 11.3 Å². The molecule has 1 heterocycles. The normalized spacial score (nSPS) is 19.4. The fourth-order valence-electron chi connectivity index (χ4n) is 2.68. The van der Waals surface area contributed by atoms with Gasteiger partial charge in [-0.1, -0.05) is 20.3 Å². The molecule has 2 heteroatoms. The Balaban J connectivity index is 1.93. The van der Waals surface area contributed by atoms with Gasteiger partial charge in [0.1, 0.15) is 5.78 Å². The molecular formula is C15H22OS. The number of rotatable bonds is 5. The van der Waals surface area contributed by atoms with Crippen LogP contribution in [0.25, 0.3) is 0 Å². The summed E-state index contributed by atoms with van der Waals surface area (Å²) in [5.41, 5.74) is 1.34. The topological polar surface area (TPSA) is 17.1 Å². The van der Waals surface area contributed by atoms with E-state index in [9.17, 15) is 4.79 Å². The van der Waals surface area contributed by atoms with Crippen molar-refractivity contribution in [2.75, 3.05) is 0 Å². The maximum Gasteiger partial charge on any atom is 0.140 e. The molecule has 0 fully saturated rings. The summed E-state index contributed by atoms with van der Waals surface area (Å²) in [5.74, 6) is 1.41. The minimum atomic E-state index is 0.220. The van der Waals surface area contributed by atoms with E-state index in [2.05, 4.69) is 25.3 Å². The predicted molar refractivity (Wildman–Crippen MR) is 73.7 cm³/mol. The molecule has 1 nitrogen and oxygen atoms in total. The molecule has 0 bridgehead atoms. The SMILES string of the molecule is CC(C)CCCC(=O)C1CCCc2sccc21. The number of fused-ring (bicyclic) bond motifs is 1. The van der Waals surface area contributed by atoms with Crippen molar-refractivity contribution >= 4 is 17.1 Å². The van der Waals surface area contributed by atoms with Crippen LogP contribution < -0.4 is 0 Å². The molecule has 1 aliphatic carbocycles. The first kappa shape index (κ1) is 12.8. The van der Waals surface area contributed by atoms with Crippen molar-refractivity contribution in [1.29, 1.82) is 0 Å². The van der Waals surface area contributed by atoms with E-state index in [-0.39, 0.29) is 5.92 Å². The predicted octanol–water partition coefficient (Wildman–Crippen LogP) is 4.56. The van der Waals surface area contributed by atoms with Crippen LogP contribution in [0.15, 0.2) is 11.4 Å². The highest BCUT2D eigenvalue weighted by atomic mass is 32.1. The average Bonchev–Trinajstić information content (AvgIpc) is 2.75. The lowest BCUT2D eigenvalue weighted by Crippen LogP contribution is -2.17. The molecule has 2 rings (SSSR count). The van der Waals surface area contributed by atoms with Crippen molar-refractivity contribution in [2.45, 2.75) is 58.3 Å². The largest absolute Gasteiger partial charge is 0.299 e. The molecule has 0 saturated heterocycles. The number of carbonyl (C=O) groups excluding carboxylic acids is 1. The number of carbonyl (C=O) groups is 1. The first-order valence-electron chi connectivity index (χ1n) is 6.77. The Hall–Kier alpha value is -0.630. The fraction of sp³-hybridized carbons (Fsp3) is 0.667. The molecule has 17 heavy (non-hydrogen) atoms.